The molecule has 0 unspecified atom stereocenters. The Balaban J connectivity index is 2.36. The number of carbonyl (C=O) groups is 3. The molecule has 1 aromatic rings. The molecule has 0 saturated heterocycles. The fourth-order valence-corrected chi connectivity index (χ4v) is 4.14. The van der Waals surface area contributed by atoms with Crippen molar-refractivity contribution >= 4 is 17.6 Å². The summed E-state index contributed by atoms with van der Waals surface area (Å²) in [5, 5.41) is 11.9. The van der Waals surface area contributed by atoms with Crippen molar-refractivity contribution in [3.05, 3.63) is 29.8 Å². The van der Waals surface area contributed by atoms with Crippen LogP contribution in [0.2, 0.25) is 0 Å². The highest BCUT2D eigenvalue weighted by molar-refractivity contribution is 5.91. The number of hydrogen-bond acceptors (Lipinski definition) is 5. The van der Waals surface area contributed by atoms with E-state index in [-0.39, 0.29) is 24.0 Å². The minimum absolute atomic E-state index is 0.0600. The van der Waals surface area contributed by atoms with Crippen molar-refractivity contribution in [3.8, 4) is 5.75 Å². The molecule has 30 heavy (non-hydrogen) atoms. The molecule has 0 spiro atoms. The van der Waals surface area contributed by atoms with Gasteiger partial charge in [0.2, 0.25) is 11.8 Å². The van der Waals surface area contributed by atoms with Crippen LogP contribution >= 0.6 is 0 Å². The molecule has 0 fully saturated rings. The van der Waals surface area contributed by atoms with E-state index in [0.29, 0.717) is 32.3 Å². The van der Waals surface area contributed by atoms with Crippen LogP contribution in [0.25, 0.3) is 0 Å². The molecule has 0 aromatic heterocycles. The lowest BCUT2D eigenvalue weighted by Gasteiger charge is -2.27. The Bertz CT molecular complexity index is 717. The summed E-state index contributed by atoms with van der Waals surface area (Å²) >= 11 is 0. The number of nitrogens with one attached hydrogen (secondary N) is 2. The summed E-state index contributed by atoms with van der Waals surface area (Å²) in [6, 6.07) is 7.59. The number of Topliss-reactive ketones (excluding diaryl/α,β-unsaturated/α-hetero) is 1. The minimum Gasteiger partial charge on any atom is -0.494 e. The number of carbonyl (C=O) groups excluding carboxylic acids is 3. The maximum Gasteiger partial charge on any atom is 0.247 e. The smallest absolute Gasteiger partial charge is 0.247 e. The highest BCUT2D eigenvalue weighted by atomic mass is 16.5. The van der Waals surface area contributed by atoms with Crippen molar-refractivity contribution in [2.75, 3.05) is 13.7 Å². The molecule has 2 aliphatic rings. The number of rotatable bonds is 4. The monoisotopic (exact) mass is 418 g/mol. The van der Waals surface area contributed by atoms with Gasteiger partial charge >= 0.3 is 0 Å². The predicted octanol–water partition coefficient (Wildman–Crippen LogP) is 2.90. The van der Waals surface area contributed by atoms with Crippen LogP contribution in [0.5, 0.6) is 5.75 Å². The van der Waals surface area contributed by atoms with Crippen molar-refractivity contribution in [3.63, 3.8) is 0 Å². The Morgan fingerprint density at radius 2 is 1.83 bits per heavy atom. The Kier molecular flexibility index (Phi) is 9.30. The van der Waals surface area contributed by atoms with E-state index in [9.17, 15) is 19.6 Å². The van der Waals surface area contributed by atoms with Crippen LogP contribution in [0.15, 0.2) is 24.3 Å². The van der Waals surface area contributed by atoms with E-state index in [1.54, 1.807) is 12.5 Å². The average Bonchev–Trinajstić information content (AvgIpc) is 2.74. The first-order valence-electron chi connectivity index (χ1n) is 10.8. The summed E-state index contributed by atoms with van der Waals surface area (Å²) in [5.41, 5.74) is 2.69. The van der Waals surface area contributed by atoms with Crippen LogP contribution in [0.3, 0.4) is 0 Å². The largest absolute Gasteiger partial charge is 0.494 e. The van der Waals surface area contributed by atoms with Crippen molar-refractivity contribution in [2.24, 2.45) is 23.7 Å². The summed E-state index contributed by atoms with van der Waals surface area (Å²) in [5.74, 6) is -1.58. The van der Waals surface area contributed by atoms with Gasteiger partial charge in [-0.05, 0) is 55.7 Å². The molecule has 2 bridgehead atoms. The summed E-state index contributed by atoms with van der Waals surface area (Å²) in [6.45, 7) is 4.51. The van der Waals surface area contributed by atoms with Crippen LogP contribution < -0.4 is 15.5 Å². The predicted molar refractivity (Wildman–Crippen MR) is 113 cm³/mol. The van der Waals surface area contributed by atoms with Crippen molar-refractivity contribution in [1.29, 1.82) is 0 Å². The SMILES string of the molecule is CNC(=O)[C@H]1CC(=O)[C@H](CC(C)C)[C@@H](C(=O)NO)CCCCOc2ccc(cc2)C1. The van der Waals surface area contributed by atoms with E-state index in [0.717, 1.165) is 17.7 Å². The second kappa shape index (κ2) is 11.7. The minimum atomic E-state index is -0.631. The van der Waals surface area contributed by atoms with Gasteiger partial charge in [0.1, 0.15) is 11.5 Å². The maximum absolute atomic E-state index is 13.3. The van der Waals surface area contributed by atoms with Crippen LogP contribution in [0.1, 0.15) is 51.5 Å². The Hall–Kier alpha value is -2.41. The number of hydrogen-bond donors (Lipinski definition) is 3. The molecule has 0 saturated carbocycles. The Morgan fingerprint density at radius 1 is 1.13 bits per heavy atom. The fraction of sp³-hybridized carbons (Fsp3) is 0.609. The Labute approximate surface area is 178 Å². The summed E-state index contributed by atoms with van der Waals surface area (Å²) < 4.78 is 5.77. The lowest BCUT2D eigenvalue weighted by molar-refractivity contribution is -0.141. The van der Waals surface area contributed by atoms with Gasteiger partial charge in [0.15, 0.2) is 0 Å². The van der Waals surface area contributed by atoms with Gasteiger partial charge in [0, 0.05) is 31.2 Å². The van der Waals surface area contributed by atoms with Crippen LogP contribution in [0.4, 0.5) is 0 Å². The van der Waals surface area contributed by atoms with E-state index in [4.69, 9.17) is 4.74 Å². The van der Waals surface area contributed by atoms with Crippen LogP contribution in [-0.4, -0.2) is 36.5 Å². The molecule has 1 aromatic carbocycles. The van der Waals surface area contributed by atoms with Crippen molar-refractivity contribution in [1.82, 2.24) is 10.8 Å². The maximum atomic E-state index is 13.3. The molecule has 2 amide bonds. The number of hydroxylamine groups is 1. The lowest BCUT2D eigenvalue weighted by atomic mass is 9.76. The van der Waals surface area contributed by atoms with Gasteiger partial charge in [-0.2, -0.15) is 0 Å². The fourth-order valence-electron chi connectivity index (χ4n) is 4.14. The second-order valence-electron chi connectivity index (χ2n) is 8.49. The third kappa shape index (κ3) is 6.83. The number of ketones is 1. The van der Waals surface area contributed by atoms with Gasteiger partial charge < -0.3 is 10.1 Å². The van der Waals surface area contributed by atoms with Gasteiger partial charge in [0.25, 0.3) is 0 Å². The topological polar surface area (TPSA) is 105 Å². The quantitative estimate of drug-likeness (QED) is 0.515. The third-order valence-electron chi connectivity index (χ3n) is 5.72. The van der Waals surface area contributed by atoms with E-state index in [1.807, 2.05) is 38.1 Å². The molecule has 3 N–H and O–H groups in total. The molecule has 3 atom stereocenters. The number of amides is 2. The number of ether oxygens (including phenoxy) is 1. The molecule has 7 heteroatoms. The van der Waals surface area contributed by atoms with E-state index in [2.05, 4.69) is 5.32 Å². The molecule has 2 heterocycles. The van der Waals surface area contributed by atoms with Crippen molar-refractivity contribution in [2.45, 2.75) is 52.4 Å². The normalized spacial score (nSPS) is 23.2. The number of fused-ring (bicyclic) bond motifs is 12. The molecule has 0 aliphatic carbocycles. The van der Waals surface area contributed by atoms with Crippen LogP contribution in [0, 0.1) is 23.7 Å². The van der Waals surface area contributed by atoms with Crippen LogP contribution in [-0.2, 0) is 20.8 Å². The summed E-state index contributed by atoms with van der Waals surface area (Å²) in [6.07, 6.45) is 2.92. The van der Waals surface area contributed by atoms with Gasteiger partial charge in [-0.15, -0.1) is 0 Å². The first-order valence-corrected chi connectivity index (χ1v) is 10.8. The zero-order valence-electron chi connectivity index (χ0n) is 18.1. The molecule has 3 rings (SSSR count). The standard InChI is InChI=1S/C23H34N2O5/c1-15(2)12-20-19(23(28)25-29)6-4-5-11-30-18-9-7-16(8-10-18)13-17(14-21(20)26)22(27)24-3/h7-10,15,17,19-20,29H,4-6,11-14H2,1-3H3,(H,24,27)(H,25,28)/t17-,19+,20-/m1/s1. The van der Waals surface area contributed by atoms with E-state index < -0.39 is 23.7 Å². The summed E-state index contributed by atoms with van der Waals surface area (Å²) in [4.78, 5) is 38.3. The molecule has 166 valence electrons. The average molecular weight is 419 g/mol. The third-order valence-corrected chi connectivity index (χ3v) is 5.72. The second-order valence-corrected chi connectivity index (χ2v) is 8.49. The molecule has 0 radical (unpaired) electrons. The highest BCUT2D eigenvalue weighted by Crippen LogP contribution is 2.30. The van der Waals surface area contributed by atoms with Gasteiger partial charge in [0.05, 0.1) is 6.61 Å². The van der Waals surface area contributed by atoms with Gasteiger partial charge in [-0.25, -0.2) is 5.48 Å². The zero-order valence-corrected chi connectivity index (χ0v) is 18.1. The van der Waals surface area contributed by atoms with Gasteiger partial charge in [-0.1, -0.05) is 26.0 Å². The first-order chi connectivity index (χ1) is 14.3. The molecular weight excluding hydrogens is 384 g/mol. The van der Waals surface area contributed by atoms with E-state index >= 15 is 0 Å². The Morgan fingerprint density at radius 3 is 2.43 bits per heavy atom. The zero-order chi connectivity index (χ0) is 22.1. The van der Waals surface area contributed by atoms with Crippen molar-refractivity contribution < 1.29 is 24.3 Å². The molecular formula is C23H34N2O5. The molecule has 2 aliphatic heterocycles. The van der Waals surface area contributed by atoms with E-state index in [1.165, 1.54) is 0 Å². The van der Waals surface area contributed by atoms with Gasteiger partial charge in [-0.3, -0.25) is 19.6 Å². The highest BCUT2D eigenvalue weighted by Gasteiger charge is 2.35. The lowest BCUT2D eigenvalue weighted by Crippen LogP contribution is -2.39. The first kappa shape index (κ1) is 23.9. The number of benzene rings is 1. The summed E-state index contributed by atoms with van der Waals surface area (Å²) in [7, 11) is 1.56. The molecule has 7 nitrogen and oxygen atoms in total.